The Morgan fingerprint density at radius 3 is 2.69 bits per heavy atom. The molecule has 1 heterocycles. The molecule has 2 aromatic carbocycles. The summed E-state index contributed by atoms with van der Waals surface area (Å²) < 4.78 is 1.06. The summed E-state index contributed by atoms with van der Waals surface area (Å²) >= 11 is 15.3. The topological polar surface area (TPSA) is 56.9 Å². The van der Waals surface area contributed by atoms with E-state index in [2.05, 4.69) is 50.6 Å². The number of carbonyl (C=O) groups is 1. The third-order valence-electron chi connectivity index (χ3n) is 4.11. The lowest BCUT2D eigenvalue weighted by molar-refractivity contribution is 0.0953. The van der Waals surface area contributed by atoms with Gasteiger partial charge in [0.05, 0.1) is 10.0 Å². The second-order valence-electron chi connectivity index (χ2n) is 6.02. The molecule has 0 aliphatic carbocycles. The molecule has 1 atom stereocenters. The van der Waals surface area contributed by atoms with Crippen molar-refractivity contribution in [2.24, 2.45) is 0 Å². The molecule has 0 aliphatic rings. The van der Waals surface area contributed by atoms with E-state index in [4.69, 9.17) is 23.2 Å². The SMILES string of the molecule is CC(NCCNC(=O)c1ccc(Cl)c(Cl)c1)c1cc2cc(Br)ccc2[nH]1. The van der Waals surface area contributed by atoms with Gasteiger partial charge in [0.25, 0.3) is 5.91 Å². The Labute approximate surface area is 170 Å². The first kappa shape index (κ1) is 19.2. The zero-order valence-corrected chi connectivity index (χ0v) is 17.2. The molecule has 1 unspecified atom stereocenters. The van der Waals surface area contributed by atoms with Crippen molar-refractivity contribution in [2.75, 3.05) is 13.1 Å². The largest absolute Gasteiger partial charge is 0.357 e. The number of aromatic amines is 1. The fourth-order valence-corrected chi connectivity index (χ4v) is 3.35. The number of rotatable bonds is 6. The number of amides is 1. The Hall–Kier alpha value is -1.53. The number of fused-ring (bicyclic) bond motifs is 1. The summed E-state index contributed by atoms with van der Waals surface area (Å²) in [4.78, 5) is 15.5. The van der Waals surface area contributed by atoms with Crippen molar-refractivity contribution in [2.45, 2.75) is 13.0 Å². The van der Waals surface area contributed by atoms with Gasteiger partial charge in [0.1, 0.15) is 0 Å². The fraction of sp³-hybridized carbons (Fsp3) is 0.211. The maximum Gasteiger partial charge on any atom is 0.251 e. The van der Waals surface area contributed by atoms with Crippen LogP contribution in [0.4, 0.5) is 0 Å². The molecule has 136 valence electrons. The number of nitrogens with one attached hydrogen (secondary N) is 3. The van der Waals surface area contributed by atoms with Crippen molar-refractivity contribution >= 4 is 55.9 Å². The number of H-pyrrole nitrogens is 1. The van der Waals surface area contributed by atoms with E-state index in [1.54, 1.807) is 18.2 Å². The first-order chi connectivity index (χ1) is 12.4. The van der Waals surface area contributed by atoms with Gasteiger partial charge in [-0.15, -0.1) is 0 Å². The van der Waals surface area contributed by atoms with E-state index >= 15 is 0 Å². The first-order valence-corrected chi connectivity index (χ1v) is 9.74. The summed E-state index contributed by atoms with van der Waals surface area (Å²) in [5.41, 5.74) is 2.70. The van der Waals surface area contributed by atoms with Gasteiger partial charge in [0.2, 0.25) is 0 Å². The summed E-state index contributed by atoms with van der Waals surface area (Å²) in [7, 11) is 0. The Bertz CT molecular complexity index is 942. The van der Waals surface area contributed by atoms with Gasteiger partial charge < -0.3 is 15.6 Å². The molecule has 0 saturated carbocycles. The number of hydrogen-bond donors (Lipinski definition) is 3. The molecule has 3 aromatic rings. The molecule has 7 heteroatoms. The van der Waals surface area contributed by atoms with Gasteiger partial charge in [-0.2, -0.15) is 0 Å². The zero-order chi connectivity index (χ0) is 18.7. The minimum atomic E-state index is -0.173. The van der Waals surface area contributed by atoms with E-state index in [9.17, 15) is 4.79 Å². The van der Waals surface area contributed by atoms with Crippen LogP contribution in [0.2, 0.25) is 10.0 Å². The van der Waals surface area contributed by atoms with Crippen LogP contribution in [0, 0.1) is 0 Å². The second kappa shape index (κ2) is 8.44. The number of halogens is 3. The van der Waals surface area contributed by atoms with Crippen molar-refractivity contribution in [3.05, 3.63) is 68.2 Å². The summed E-state index contributed by atoms with van der Waals surface area (Å²) in [6.45, 7) is 3.24. The summed E-state index contributed by atoms with van der Waals surface area (Å²) in [6, 6.07) is 13.3. The summed E-state index contributed by atoms with van der Waals surface area (Å²) in [5, 5.41) is 8.23. The van der Waals surface area contributed by atoms with Gasteiger partial charge in [0, 0.05) is 45.8 Å². The quantitative estimate of drug-likeness (QED) is 0.441. The van der Waals surface area contributed by atoms with Crippen molar-refractivity contribution < 1.29 is 4.79 Å². The maximum absolute atomic E-state index is 12.1. The third kappa shape index (κ3) is 4.60. The van der Waals surface area contributed by atoms with Crippen molar-refractivity contribution in [1.82, 2.24) is 15.6 Å². The average Bonchev–Trinajstić information content (AvgIpc) is 3.03. The van der Waals surface area contributed by atoms with Crippen LogP contribution in [0.15, 0.2) is 46.9 Å². The van der Waals surface area contributed by atoms with Gasteiger partial charge in [0.15, 0.2) is 0 Å². The fourth-order valence-electron chi connectivity index (χ4n) is 2.67. The van der Waals surface area contributed by atoms with Gasteiger partial charge in [-0.25, -0.2) is 0 Å². The highest BCUT2D eigenvalue weighted by Crippen LogP contribution is 2.24. The highest BCUT2D eigenvalue weighted by atomic mass is 79.9. The predicted molar refractivity (Wildman–Crippen MR) is 111 cm³/mol. The van der Waals surface area contributed by atoms with E-state index in [0.29, 0.717) is 28.7 Å². The van der Waals surface area contributed by atoms with Crippen molar-refractivity contribution in [1.29, 1.82) is 0 Å². The molecule has 1 aromatic heterocycles. The summed E-state index contributed by atoms with van der Waals surface area (Å²) in [6.07, 6.45) is 0. The van der Waals surface area contributed by atoms with E-state index < -0.39 is 0 Å². The molecule has 26 heavy (non-hydrogen) atoms. The maximum atomic E-state index is 12.1. The summed E-state index contributed by atoms with van der Waals surface area (Å²) in [5.74, 6) is -0.173. The van der Waals surface area contributed by atoms with Crippen LogP contribution < -0.4 is 10.6 Å². The van der Waals surface area contributed by atoms with Crippen molar-refractivity contribution in [3.63, 3.8) is 0 Å². The molecule has 0 fully saturated rings. The van der Waals surface area contributed by atoms with Crippen LogP contribution in [0.5, 0.6) is 0 Å². The highest BCUT2D eigenvalue weighted by molar-refractivity contribution is 9.10. The van der Waals surface area contributed by atoms with E-state index in [1.165, 1.54) is 0 Å². The molecule has 0 saturated heterocycles. The number of aromatic nitrogens is 1. The smallest absolute Gasteiger partial charge is 0.251 e. The van der Waals surface area contributed by atoms with Crippen LogP contribution in [0.3, 0.4) is 0 Å². The van der Waals surface area contributed by atoms with Crippen LogP contribution >= 0.6 is 39.1 Å². The number of benzene rings is 2. The molecule has 0 spiro atoms. The van der Waals surface area contributed by atoms with Crippen molar-refractivity contribution in [3.8, 4) is 0 Å². The van der Waals surface area contributed by atoms with Gasteiger partial charge in [-0.05, 0) is 49.4 Å². The lowest BCUT2D eigenvalue weighted by atomic mass is 10.2. The molecular weight excluding hydrogens is 437 g/mol. The zero-order valence-electron chi connectivity index (χ0n) is 14.1. The standard InChI is InChI=1S/C19H18BrCl2N3O/c1-11(18-10-13-8-14(20)3-5-17(13)25-18)23-6-7-24-19(26)12-2-4-15(21)16(22)9-12/h2-5,8-11,23,25H,6-7H2,1H3,(H,24,26). The monoisotopic (exact) mass is 453 g/mol. The number of hydrogen-bond acceptors (Lipinski definition) is 2. The van der Waals surface area contributed by atoms with E-state index in [-0.39, 0.29) is 11.9 Å². The molecular formula is C19H18BrCl2N3O. The molecule has 4 nitrogen and oxygen atoms in total. The van der Waals surface area contributed by atoms with Crippen LogP contribution in [0.25, 0.3) is 10.9 Å². The van der Waals surface area contributed by atoms with Gasteiger partial charge in [-0.1, -0.05) is 39.1 Å². The third-order valence-corrected chi connectivity index (χ3v) is 5.35. The molecule has 0 bridgehead atoms. The van der Waals surface area contributed by atoms with Gasteiger partial charge in [-0.3, -0.25) is 4.79 Å². The molecule has 3 N–H and O–H groups in total. The van der Waals surface area contributed by atoms with Gasteiger partial charge >= 0.3 is 0 Å². The Balaban J connectivity index is 1.50. The Morgan fingerprint density at radius 1 is 1.12 bits per heavy atom. The highest BCUT2D eigenvalue weighted by Gasteiger charge is 2.10. The number of carbonyl (C=O) groups excluding carboxylic acids is 1. The second-order valence-corrected chi connectivity index (χ2v) is 7.75. The lowest BCUT2D eigenvalue weighted by Crippen LogP contribution is -2.33. The predicted octanol–water partition coefficient (Wildman–Crippen LogP) is 5.32. The molecule has 0 aliphatic heterocycles. The molecule has 0 radical (unpaired) electrons. The average molecular weight is 455 g/mol. The lowest BCUT2D eigenvalue weighted by Gasteiger charge is -2.13. The Morgan fingerprint density at radius 2 is 1.92 bits per heavy atom. The minimum Gasteiger partial charge on any atom is -0.357 e. The van der Waals surface area contributed by atoms with Crippen LogP contribution in [0.1, 0.15) is 29.0 Å². The Kier molecular flexibility index (Phi) is 6.24. The first-order valence-electron chi connectivity index (χ1n) is 8.19. The molecule has 3 rings (SSSR count). The van der Waals surface area contributed by atoms with E-state index in [1.807, 2.05) is 12.1 Å². The minimum absolute atomic E-state index is 0.142. The van der Waals surface area contributed by atoms with E-state index in [0.717, 1.165) is 21.1 Å². The van der Waals surface area contributed by atoms with Crippen LogP contribution in [-0.2, 0) is 0 Å². The van der Waals surface area contributed by atoms with Crippen LogP contribution in [-0.4, -0.2) is 24.0 Å². The normalized spacial score (nSPS) is 12.3. The molecule has 1 amide bonds.